The highest BCUT2D eigenvalue weighted by atomic mass is 16.5. The topological polar surface area (TPSA) is 72.2 Å². The van der Waals surface area contributed by atoms with Gasteiger partial charge in [-0.1, -0.05) is 45.0 Å². The van der Waals surface area contributed by atoms with E-state index in [1.165, 1.54) is 0 Å². The van der Waals surface area contributed by atoms with Crippen LogP contribution in [0.4, 0.5) is 5.69 Å². The molecule has 0 unspecified atom stereocenters. The molecule has 2 aromatic carbocycles. The van der Waals surface area contributed by atoms with E-state index < -0.39 is 0 Å². The van der Waals surface area contributed by atoms with Crippen molar-refractivity contribution in [3.8, 4) is 22.8 Å². The molecule has 1 aliphatic rings. The zero-order valence-electron chi connectivity index (χ0n) is 22.8. The first-order valence-electron chi connectivity index (χ1n) is 13.1. The summed E-state index contributed by atoms with van der Waals surface area (Å²) in [6.45, 7) is 11.6. The van der Waals surface area contributed by atoms with Crippen molar-refractivity contribution in [3.05, 3.63) is 72.1 Å². The maximum atomic E-state index is 14.0. The maximum absolute atomic E-state index is 14.0. The monoisotopic (exact) mass is 513 g/mol. The summed E-state index contributed by atoms with van der Waals surface area (Å²) in [5, 5.41) is 4.82. The van der Waals surface area contributed by atoms with Crippen LogP contribution in [0.15, 0.2) is 60.7 Å². The number of carbonyl (C=O) groups excluding carboxylic acids is 1. The van der Waals surface area contributed by atoms with E-state index in [4.69, 9.17) is 19.6 Å². The average molecular weight is 514 g/mol. The third-order valence-electron chi connectivity index (χ3n) is 6.85. The molecule has 8 heteroatoms. The molecule has 0 radical (unpaired) electrons. The molecule has 1 amide bonds. The third kappa shape index (κ3) is 5.03. The van der Waals surface area contributed by atoms with Gasteiger partial charge in [0.25, 0.3) is 5.91 Å². The number of hydrogen-bond acceptors (Lipinski definition) is 6. The molecule has 8 nitrogen and oxygen atoms in total. The van der Waals surface area contributed by atoms with Crippen LogP contribution in [-0.2, 0) is 5.41 Å². The Morgan fingerprint density at radius 1 is 0.974 bits per heavy atom. The fourth-order valence-electron chi connectivity index (χ4n) is 4.73. The van der Waals surface area contributed by atoms with Gasteiger partial charge in [0.15, 0.2) is 5.65 Å². The zero-order chi connectivity index (χ0) is 26.9. The van der Waals surface area contributed by atoms with Crippen LogP contribution in [0.3, 0.4) is 0 Å². The number of rotatable bonds is 6. The van der Waals surface area contributed by atoms with Gasteiger partial charge in [0.2, 0.25) is 0 Å². The molecule has 198 valence electrons. The summed E-state index contributed by atoms with van der Waals surface area (Å²) in [5.41, 5.74) is 4.54. The fourth-order valence-corrected chi connectivity index (χ4v) is 4.73. The predicted octanol–water partition coefficient (Wildman–Crippen LogP) is 5.06. The summed E-state index contributed by atoms with van der Waals surface area (Å²) in [5.74, 6) is 1.56. The Hall–Kier alpha value is -4.07. The summed E-state index contributed by atoms with van der Waals surface area (Å²) in [6.07, 6.45) is 0. The number of para-hydroxylation sites is 2. The summed E-state index contributed by atoms with van der Waals surface area (Å²) in [4.78, 5) is 23.0. The lowest BCUT2D eigenvalue weighted by Gasteiger charge is -2.36. The van der Waals surface area contributed by atoms with Crippen LogP contribution in [0.2, 0.25) is 0 Å². The lowest BCUT2D eigenvalue weighted by molar-refractivity contribution is 0.0737. The molecule has 1 aliphatic heterocycles. The molecule has 0 aliphatic carbocycles. The van der Waals surface area contributed by atoms with E-state index in [0.29, 0.717) is 36.7 Å². The van der Waals surface area contributed by atoms with E-state index in [0.717, 1.165) is 41.5 Å². The van der Waals surface area contributed by atoms with Crippen molar-refractivity contribution in [1.82, 2.24) is 19.5 Å². The number of anilines is 1. The number of carbonyl (C=O) groups is 1. The first kappa shape index (κ1) is 25.6. The molecule has 0 N–H and O–H groups in total. The minimum absolute atomic E-state index is 0.0529. The predicted molar refractivity (Wildman–Crippen MR) is 149 cm³/mol. The second kappa shape index (κ2) is 10.4. The number of fused-ring (bicyclic) bond motifs is 1. The highest BCUT2D eigenvalue weighted by molar-refractivity contribution is 5.94. The molecule has 0 saturated carbocycles. The van der Waals surface area contributed by atoms with Gasteiger partial charge in [0.1, 0.15) is 17.2 Å². The van der Waals surface area contributed by atoms with Crippen molar-refractivity contribution >= 4 is 17.2 Å². The molecule has 3 heterocycles. The number of benzene rings is 2. The first-order chi connectivity index (χ1) is 18.3. The SMILES string of the molecule is CCOc1ccccc1N1CCN(C(=O)c2cc(-c3cccc(OC)c3)nc3cc(C(C)(C)C)nn23)CC1. The zero-order valence-corrected chi connectivity index (χ0v) is 22.8. The number of amides is 1. The number of methoxy groups -OCH3 is 1. The fraction of sp³-hybridized carbons (Fsp3) is 0.367. The van der Waals surface area contributed by atoms with Gasteiger partial charge in [-0.05, 0) is 37.3 Å². The second-order valence-corrected chi connectivity index (χ2v) is 10.5. The van der Waals surface area contributed by atoms with E-state index in [9.17, 15) is 4.79 Å². The summed E-state index contributed by atoms with van der Waals surface area (Å²) < 4.78 is 13.0. The Bertz CT molecular complexity index is 1450. The largest absolute Gasteiger partial charge is 0.497 e. The van der Waals surface area contributed by atoms with Gasteiger partial charge in [-0.25, -0.2) is 9.50 Å². The van der Waals surface area contributed by atoms with Gasteiger partial charge in [-0.2, -0.15) is 5.10 Å². The Morgan fingerprint density at radius 3 is 2.45 bits per heavy atom. The maximum Gasteiger partial charge on any atom is 0.272 e. The van der Waals surface area contributed by atoms with Crippen molar-refractivity contribution in [2.45, 2.75) is 33.1 Å². The second-order valence-electron chi connectivity index (χ2n) is 10.5. The number of ether oxygens (including phenoxy) is 2. The normalized spacial score (nSPS) is 14.1. The van der Waals surface area contributed by atoms with Gasteiger partial charge in [-0.3, -0.25) is 4.79 Å². The molecule has 0 atom stereocenters. The van der Waals surface area contributed by atoms with Crippen LogP contribution in [0.25, 0.3) is 16.9 Å². The van der Waals surface area contributed by atoms with Gasteiger partial charge < -0.3 is 19.3 Å². The minimum atomic E-state index is -0.177. The average Bonchev–Trinajstić information content (AvgIpc) is 3.38. The van der Waals surface area contributed by atoms with Crippen molar-refractivity contribution in [2.24, 2.45) is 0 Å². The highest BCUT2D eigenvalue weighted by Gasteiger charge is 2.28. The number of nitrogens with zero attached hydrogens (tertiary/aromatic N) is 5. The van der Waals surface area contributed by atoms with E-state index in [1.54, 1.807) is 11.6 Å². The quantitative estimate of drug-likeness (QED) is 0.359. The van der Waals surface area contributed by atoms with Crippen molar-refractivity contribution in [3.63, 3.8) is 0 Å². The van der Waals surface area contributed by atoms with Gasteiger partial charge >= 0.3 is 0 Å². The van der Waals surface area contributed by atoms with Crippen LogP contribution < -0.4 is 14.4 Å². The molecule has 1 fully saturated rings. The standard InChI is InChI=1S/C30H35N5O3/c1-6-38-26-13-8-7-12-24(26)33-14-16-34(17-15-33)29(36)25-19-23(21-10-9-11-22(18-21)37-5)31-28-20-27(30(2,3)4)32-35(25)28/h7-13,18-20H,6,14-17H2,1-5H3. The Labute approximate surface area is 223 Å². The molecule has 0 bridgehead atoms. The molecule has 1 saturated heterocycles. The van der Waals surface area contributed by atoms with Gasteiger partial charge in [0, 0.05) is 43.2 Å². The number of piperazine rings is 1. The molecule has 38 heavy (non-hydrogen) atoms. The van der Waals surface area contributed by atoms with Crippen LogP contribution in [-0.4, -0.2) is 65.3 Å². The Morgan fingerprint density at radius 2 is 1.74 bits per heavy atom. The van der Waals surface area contributed by atoms with Crippen molar-refractivity contribution < 1.29 is 14.3 Å². The van der Waals surface area contributed by atoms with E-state index >= 15 is 0 Å². The van der Waals surface area contributed by atoms with E-state index in [1.807, 2.05) is 66.4 Å². The van der Waals surface area contributed by atoms with Crippen LogP contribution in [0.5, 0.6) is 11.5 Å². The Balaban J connectivity index is 1.47. The number of aromatic nitrogens is 3. The van der Waals surface area contributed by atoms with Crippen LogP contribution in [0.1, 0.15) is 43.9 Å². The molecule has 0 spiro atoms. The van der Waals surface area contributed by atoms with E-state index in [2.05, 4.69) is 31.7 Å². The van der Waals surface area contributed by atoms with Gasteiger partial charge in [-0.15, -0.1) is 0 Å². The molecular weight excluding hydrogens is 478 g/mol. The van der Waals surface area contributed by atoms with Crippen molar-refractivity contribution in [1.29, 1.82) is 0 Å². The van der Waals surface area contributed by atoms with Crippen LogP contribution >= 0.6 is 0 Å². The molecule has 5 rings (SSSR count). The Kier molecular flexibility index (Phi) is 6.97. The molecular formula is C30H35N5O3. The minimum Gasteiger partial charge on any atom is -0.497 e. The lowest BCUT2D eigenvalue weighted by atomic mass is 9.93. The summed E-state index contributed by atoms with van der Waals surface area (Å²) >= 11 is 0. The lowest BCUT2D eigenvalue weighted by Crippen LogP contribution is -2.49. The van der Waals surface area contributed by atoms with Crippen LogP contribution in [0, 0.1) is 0 Å². The van der Waals surface area contributed by atoms with E-state index in [-0.39, 0.29) is 11.3 Å². The van der Waals surface area contributed by atoms with Crippen molar-refractivity contribution in [2.75, 3.05) is 44.8 Å². The van der Waals surface area contributed by atoms with Gasteiger partial charge in [0.05, 0.1) is 30.8 Å². The smallest absolute Gasteiger partial charge is 0.272 e. The molecule has 4 aromatic rings. The summed E-state index contributed by atoms with van der Waals surface area (Å²) in [6, 6.07) is 19.6. The first-order valence-corrected chi connectivity index (χ1v) is 13.1. The third-order valence-corrected chi connectivity index (χ3v) is 6.85. The summed E-state index contributed by atoms with van der Waals surface area (Å²) in [7, 11) is 1.64. The highest BCUT2D eigenvalue weighted by Crippen LogP contribution is 2.30. The molecule has 2 aromatic heterocycles. The number of hydrogen-bond donors (Lipinski definition) is 0.